The molecule has 1 aromatic heterocycles. The monoisotopic (exact) mass is 596 g/mol. The largest absolute Gasteiger partial charge is 0.455 e. The topological polar surface area (TPSA) is 13.1 Å². The Hall–Kier alpha value is -6.18. The first-order chi connectivity index (χ1) is 23.3. The molecule has 0 aliphatic rings. The zero-order valence-corrected chi connectivity index (χ0v) is 25.6. The van der Waals surface area contributed by atoms with Gasteiger partial charge < -0.3 is 4.42 Å². The van der Waals surface area contributed by atoms with Crippen molar-refractivity contribution in [2.75, 3.05) is 0 Å². The van der Waals surface area contributed by atoms with Crippen LogP contribution in [0.25, 0.3) is 98.4 Å². The van der Waals surface area contributed by atoms with E-state index in [1.54, 1.807) is 0 Å². The van der Waals surface area contributed by atoms with Gasteiger partial charge in [-0.2, -0.15) is 0 Å². The molecule has 1 heterocycles. The number of fused-ring (bicyclic) bond motifs is 8. The highest BCUT2D eigenvalue weighted by atomic mass is 16.3. The lowest BCUT2D eigenvalue weighted by atomic mass is 9.84. The maximum absolute atomic E-state index is 6.42. The van der Waals surface area contributed by atoms with Crippen LogP contribution >= 0.6 is 0 Å². The third kappa shape index (κ3) is 3.97. The van der Waals surface area contributed by atoms with Crippen molar-refractivity contribution in [3.8, 4) is 33.4 Å². The van der Waals surface area contributed by atoms with Crippen LogP contribution in [-0.4, -0.2) is 0 Å². The zero-order valence-electron chi connectivity index (χ0n) is 25.6. The molecule has 0 unspecified atom stereocenters. The van der Waals surface area contributed by atoms with Gasteiger partial charge in [-0.3, -0.25) is 0 Å². The molecule has 0 saturated carbocycles. The van der Waals surface area contributed by atoms with E-state index in [1.165, 1.54) is 71.1 Å². The lowest BCUT2D eigenvalue weighted by Gasteiger charge is -2.19. The Morgan fingerprint density at radius 2 is 0.851 bits per heavy atom. The summed E-state index contributed by atoms with van der Waals surface area (Å²) < 4.78 is 6.42. The minimum atomic E-state index is 0.914. The summed E-state index contributed by atoms with van der Waals surface area (Å²) in [5, 5.41) is 12.2. The number of hydrogen-bond donors (Lipinski definition) is 0. The molecule has 10 aromatic rings. The van der Waals surface area contributed by atoms with E-state index in [4.69, 9.17) is 4.42 Å². The molecule has 0 bridgehead atoms. The van der Waals surface area contributed by atoms with E-state index < -0.39 is 0 Å². The van der Waals surface area contributed by atoms with Crippen molar-refractivity contribution in [3.05, 3.63) is 170 Å². The fourth-order valence-electron chi connectivity index (χ4n) is 7.71. The minimum absolute atomic E-state index is 0.914. The number of furan rings is 1. The Balaban J connectivity index is 1.20. The van der Waals surface area contributed by atoms with Crippen LogP contribution in [0.1, 0.15) is 0 Å². The van der Waals surface area contributed by atoms with E-state index in [1.807, 2.05) is 0 Å². The molecule has 0 aliphatic carbocycles. The van der Waals surface area contributed by atoms with Gasteiger partial charge >= 0.3 is 0 Å². The fraction of sp³-hybridized carbons (Fsp3) is 0. The van der Waals surface area contributed by atoms with Gasteiger partial charge in [-0.1, -0.05) is 146 Å². The third-order valence-electron chi connectivity index (χ3n) is 9.84. The van der Waals surface area contributed by atoms with Crippen LogP contribution in [0.5, 0.6) is 0 Å². The first-order valence-electron chi connectivity index (χ1n) is 16.2. The van der Waals surface area contributed by atoms with Gasteiger partial charge in [-0.15, -0.1) is 0 Å². The van der Waals surface area contributed by atoms with Gasteiger partial charge in [0, 0.05) is 16.2 Å². The molecular formula is C46H28O. The van der Waals surface area contributed by atoms with E-state index >= 15 is 0 Å². The first kappa shape index (κ1) is 26.1. The van der Waals surface area contributed by atoms with Crippen LogP contribution in [0, 0.1) is 0 Å². The zero-order chi connectivity index (χ0) is 30.9. The van der Waals surface area contributed by atoms with E-state index in [0.717, 1.165) is 27.3 Å². The molecular weight excluding hydrogens is 569 g/mol. The molecule has 47 heavy (non-hydrogen) atoms. The Morgan fingerprint density at radius 1 is 0.298 bits per heavy atom. The van der Waals surface area contributed by atoms with E-state index in [0.29, 0.717) is 0 Å². The quantitative estimate of drug-likeness (QED) is 0.185. The second kappa shape index (κ2) is 10.2. The van der Waals surface area contributed by atoms with Gasteiger partial charge in [0.1, 0.15) is 11.2 Å². The minimum Gasteiger partial charge on any atom is -0.455 e. The molecule has 1 nitrogen and oxygen atoms in total. The van der Waals surface area contributed by atoms with Crippen molar-refractivity contribution in [2.45, 2.75) is 0 Å². The van der Waals surface area contributed by atoms with Crippen molar-refractivity contribution in [3.63, 3.8) is 0 Å². The third-order valence-corrected chi connectivity index (χ3v) is 9.84. The van der Waals surface area contributed by atoms with Crippen LogP contribution in [0.4, 0.5) is 0 Å². The second-order valence-electron chi connectivity index (χ2n) is 12.4. The Morgan fingerprint density at radius 3 is 1.60 bits per heavy atom. The summed E-state index contributed by atoms with van der Waals surface area (Å²) in [6.45, 7) is 0. The molecule has 0 fully saturated rings. The normalized spacial score (nSPS) is 11.8. The second-order valence-corrected chi connectivity index (χ2v) is 12.4. The van der Waals surface area contributed by atoms with E-state index in [2.05, 4.69) is 170 Å². The summed E-state index contributed by atoms with van der Waals surface area (Å²) in [5.74, 6) is 0. The average molecular weight is 597 g/mol. The predicted molar refractivity (Wildman–Crippen MR) is 200 cm³/mol. The summed E-state index contributed by atoms with van der Waals surface area (Å²) in [4.78, 5) is 0. The van der Waals surface area contributed by atoms with Crippen LogP contribution in [0.15, 0.2) is 174 Å². The molecule has 218 valence electrons. The Kier molecular flexibility index (Phi) is 5.64. The van der Waals surface area contributed by atoms with Gasteiger partial charge in [-0.25, -0.2) is 0 Å². The van der Waals surface area contributed by atoms with Crippen molar-refractivity contribution in [2.24, 2.45) is 0 Å². The average Bonchev–Trinajstić information content (AvgIpc) is 3.52. The highest BCUT2D eigenvalue weighted by molar-refractivity contribution is 6.23. The highest BCUT2D eigenvalue weighted by Gasteiger charge is 2.18. The fourth-order valence-corrected chi connectivity index (χ4v) is 7.71. The van der Waals surface area contributed by atoms with Crippen LogP contribution in [-0.2, 0) is 0 Å². The molecule has 9 aromatic carbocycles. The molecule has 1 heteroatoms. The van der Waals surface area contributed by atoms with Crippen LogP contribution in [0.2, 0.25) is 0 Å². The Labute approximate surface area is 271 Å². The molecule has 0 radical (unpaired) electrons. The number of rotatable bonds is 3. The summed E-state index contributed by atoms with van der Waals surface area (Å²) in [6, 6.07) is 61.6. The molecule has 0 N–H and O–H groups in total. The van der Waals surface area contributed by atoms with Crippen LogP contribution < -0.4 is 0 Å². The lowest BCUT2D eigenvalue weighted by Crippen LogP contribution is -1.92. The lowest BCUT2D eigenvalue weighted by molar-refractivity contribution is 0.672. The van der Waals surface area contributed by atoms with Crippen LogP contribution in [0.3, 0.4) is 0 Å². The maximum atomic E-state index is 6.42. The number of hydrogen-bond acceptors (Lipinski definition) is 1. The van der Waals surface area contributed by atoms with E-state index in [-0.39, 0.29) is 0 Å². The van der Waals surface area contributed by atoms with Gasteiger partial charge in [-0.05, 0) is 95.3 Å². The SMILES string of the molecule is c1cc(-c2ccc3oc4c5ccccc5ccc4c3c2)cc(-c2c3ccccc3c(-c3cccc4ccccc34)c3ccccc23)c1. The van der Waals surface area contributed by atoms with Crippen molar-refractivity contribution >= 4 is 65.0 Å². The smallest absolute Gasteiger partial charge is 0.143 e. The Bertz CT molecular complexity index is 2790. The molecule has 0 saturated heterocycles. The van der Waals surface area contributed by atoms with Crippen molar-refractivity contribution < 1.29 is 4.42 Å². The first-order valence-corrected chi connectivity index (χ1v) is 16.2. The molecule has 0 amide bonds. The standard InChI is InChI=1S/C46H28O/c1-3-16-34-29(11-1)13-10-22-36(34)45-39-20-7-5-18-37(39)44(38-19-6-8-21-40(38)45)33-15-9-14-31(27-33)32-24-26-43-42(28-32)41-25-23-30-12-2-4-17-35(30)46(41)47-43/h1-28H. The number of benzene rings is 9. The molecule has 0 atom stereocenters. The van der Waals surface area contributed by atoms with Crippen molar-refractivity contribution in [1.29, 1.82) is 0 Å². The molecule has 0 aliphatic heterocycles. The van der Waals surface area contributed by atoms with Crippen molar-refractivity contribution in [1.82, 2.24) is 0 Å². The summed E-state index contributed by atoms with van der Waals surface area (Å²) in [7, 11) is 0. The predicted octanol–water partition coefficient (Wildman–Crippen LogP) is 13.2. The summed E-state index contributed by atoms with van der Waals surface area (Å²) in [5.41, 5.74) is 9.26. The summed E-state index contributed by atoms with van der Waals surface area (Å²) >= 11 is 0. The van der Waals surface area contributed by atoms with Gasteiger partial charge in [0.05, 0.1) is 0 Å². The highest BCUT2D eigenvalue weighted by Crippen LogP contribution is 2.46. The molecule has 0 spiro atoms. The van der Waals surface area contributed by atoms with Gasteiger partial charge in [0.2, 0.25) is 0 Å². The maximum Gasteiger partial charge on any atom is 0.143 e. The van der Waals surface area contributed by atoms with Gasteiger partial charge in [0.25, 0.3) is 0 Å². The van der Waals surface area contributed by atoms with Gasteiger partial charge in [0.15, 0.2) is 0 Å². The van der Waals surface area contributed by atoms with E-state index in [9.17, 15) is 0 Å². The molecule has 10 rings (SSSR count). The summed E-state index contributed by atoms with van der Waals surface area (Å²) in [6.07, 6.45) is 0.